The molecule has 2 aromatic heterocycles. The lowest BCUT2D eigenvalue weighted by molar-refractivity contribution is -0.128. The van der Waals surface area contributed by atoms with Gasteiger partial charge in [-0.2, -0.15) is 5.10 Å². The molecule has 2 amide bonds. The van der Waals surface area contributed by atoms with Gasteiger partial charge in [-0.3, -0.25) is 9.59 Å². The Morgan fingerprint density at radius 1 is 1.15 bits per heavy atom. The Hall–Kier alpha value is -3.39. The summed E-state index contributed by atoms with van der Waals surface area (Å²) in [5.41, 5.74) is 2.72. The molecule has 1 N–H and O–H groups in total. The number of aromatic nitrogens is 2. The lowest BCUT2D eigenvalue weighted by Gasteiger charge is -2.17. The lowest BCUT2D eigenvalue weighted by Crippen LogP contribution is -2.29. The van der Waals surface area contributed by atoms with Crippen LogP contribution in [0.4, 0.5) is 0 Å². The molecule has 0 spiro atoms. The van der Waals surface area contributed by atoms with Crippen LogP contribution < -0.4 is 4.74 Å². The van der Waals surface area contributed by atoms with Gasteiger partial charge >= 0.3 is 0 Å². The van der Waals surface area contributed by atoms with Crippen LogP contribution in [0.1, 0.15) is 28.8 Å². The maximum absolute atomic E-state index is 13.0. The number of likely N-dealkylation sites (tertiary alicyclic amines) is 2. The van der Waals surface area contributed by atoms with Crippen LogP contribution in [0.2, 0.25) is 0 Å². The molecular formula is C25H28N4O4. The maximum Gasteiger partial charge on any atom is 0.253 e. The van der Waals surface area contributed by atoms with Crippen LogP contribution in [0.25, 0.3) is 5.52 Å². The van der Waals surface area contributed by atoms with Gasteiger partial charge in [0.1, 0.15) is 12.4 Å². The summed E-state index contributed by atoms with van der Waals surface area (Å²) >= 11 is 0. The predicted molar refractivity (Wildman–Crippen MR) is 122 cm³/mol. The van der Waals surface area contributed by atoms with E-state index in [0.29, 0.717) is 50.4 Å². The number of hydrogen-bond acceptors (Lipinski definition) is 5. The first-order valence-electron chi connectivity index (χ1n) is 11.5. The Morgan fingerprint density at radius 2 is 2.00 bits per heavy atom. The topological polar surface area (TPSA) is 87.4 Å². The molecule has 33 heavy (non-hydrogen) atoms. The second-order valence-electron chi connectivity index (χ2n) is 8.79. The smallest absolute Gasteiger partial charge is 0.253 e. The van der Waals surface area contributed by atoms with Crippen LogP contribution in [-0.2, 0) is 11.2 Å². The van der Waals surface area contributed by atoms with Crippen molar-refractivity contribution in [2.24, 2.45) is 5.92 Å². The fourth-order valence-electron chi connectivity index (χ4n) is 4.78. The molecule has 1 aromatic carbocycles. The number of fused-ring (bicyclic) bond motifs is 1. The van der Waals surface area contributed by atoms with E-state index in [-0.39, 0.29) is 17.7 Å². The van der Waals surface area contributed by atoms with Gasteiger partial charge in [0.15, 0.2) is 0 Å². The Balaban J connectivity index is 1.16. The van der Waals surface area contributed by atoms with E-state index in [9.17, 15) is 14.7 Å². The molecule has 4 heterocycles. The van der Waals surface area contributed by atoms with Gasteiger partial charge in [-0.1, -0.05) is 6.07 Å². The molecule has 2 atom stereocenters. The van der Waals surface area contributed by atoms with E-state index in [0.717, 1.165) is 24.0 Å². The van der Waals surface area contributed by atoms with Crippen molar-refractivity contribution in [2.45, 2.75) is 25.4 Å². The third-order valence-electron chi connectivity index (χ3n) is 6.60. The summed E-state index contributed by atoms with van der Waals surface area (Å²) < 4.78 is 7.57. The largest absolute Gasteiger partial charge is 0.492 e. The van der Waals surface area contributed by atoms with Crippen LogP contribution >= 0.6 is 0 Å². The molecule has 8 heteroatoms. The molecule has 2 fully saturated rings. The first-order chi connectivity index (χ1) is 16.1. The Kier molecular flexibility index (Phi) is 6.00. The average molecular weight is 449 g/mol. The van der Waals surface area contributed by atoms with Gasteiger partial charge in [-0.15, -0.1) is 0 Å². The van der Waals surface area contributed by atoms with Gasteiger partial charge in [-0.05, 0) is 54.8 Å². The van der Waals surface area contributed by atoms with E-state index >= 15 is 0 Å². The number of benzene rings is 1. The number of ether oxygens (including phenoxy) is 1. The molecule has 0 radical (unpaired) electrons. The molecule has 8 nitrogen and oxygen atoms in total. The van der Waals surface area contributed by atoms with Gasteiger partial charge in [0.2, 0.25) is 5.91 Å². The number of aliphatic hydroxyl groups is 1. The summed E-state index contributed by atoms with van der Waals surface area (Å²) in [6.07, 6.45) is 5.34. The summed E-state index contributed by atoms with van der Waals surface area (Å²) in [6, 6.07) is 13.0. The SMILES string of the molecule is O=C1CCCN1CCOc1ccc(C(=O)N2C[C@H](Cc3cccn4nccc34)[C@H](O)C2)cc1. The highest BCUT2D eigenvalue weighted by molar-refractivity contribution is 5.94. The van der Waals surface area contributed by atoms with Gasteiger partial charge in [0.05, 0.1) is 18.2 Å². The van der Waals surface area contributed by atoms with Gasteiger partial charge in [0.25, 0.3) is 5.91 Å². The molecule has 2 saturated heterocycles. The van der Waals surface area contributed by atoms with Crippen molar-refractivity contribution in [1.29, 1.82) is 0 Å². The second-order valence-corrected chi connectivity index (χ2v) is 8.79. The highest BCUT2D eigenvalue weighted by Gasteiger charge is 2.34. The number of hydrogen-bond donors (Lipinski definition) is 1. The van der Waals surface area contributed by atoms with E-state index < -0.39 is 6.10 Å². The van der Waals surface area contributed by atoms with Crippen molar-refractivity contribution < 1.29 is 19.4 Å². The normalized spacial score (nSPS) is 20.7. The highest BCUT2D eigenvalue weighted by atomic mass is 16.5. The summed E-state index contributed by atoms with van der Waals surface area (Å²) in [4.78, 5) is 28.2. The minimum atomic E-state index is -0.562. The van der Waals surface area contributed by atoms with Crippen molar-refractivity contribution in [3.8, 4) is 5.75 Å². The number of pyridine rings is 1. The van der Waals surface area contributed by atoms with Crippen molar-refractivity contribution in [3.05, 3.63) is 66.0 Å². The Bertz CT molecular complexity index is 1140. The summed E-state index contributed by atoms with van der Waals surface area (Å²) in [7, 11) is 0. The molecule has 2 aliphatic rings. The lowest BCUT2D eigenvalue weighted by atomic mass is 9.96. The number of rotatable bonds is 7. The van der Waals surface area contributed by atoms with E-state index in [1.54, 1.807) is 35.4 Å². The van der Waals surface area contributed by atoms with E-state index in [1.807, 2.05) is 33.8 Å². The van der Waals surface area contributed by atoms with E-state index in [1.165, 1.54) is 0 Å². The molecule has 5 rings (SSSR count). The minimum absolute atomic E-state index is 0.0223. The quantitative estimate of drug-likeness (QED) is 0.598. The molecule has 2 aliphatic heterocycles. The fraction of sp³-hybridized carbons (Fsp3) is 0.400. The summed E-state index contributed by atoms with van der Waals surface area (Å²) in [6.45, 7) is 2.66. The van der Waals surface area contributed by atoms with Gasteiger partial charge in [0, 0.05) is 49.9 Å². The van der Waals surface area contributed by atoms with E-state index in [4.69, 9.17) is 4.74 Å². The Morgan fingerprint density at radius 3 is 2.79 bits per heavy atom. The van der Waals surface area contributed by atoms with Crippen LogP contribution in [0.3, 0.4) is 0 Å². The number of amides is 2. The molecule has 172 valence electrons. The fourth-order valence-corrected chi connectivity index (χ4v) is 4.78. The zero-order chi connectivity index (χ0) is 22.8. The molecule has 0 saturated carbocycles. The van der Waals surface area contributed by atoms with Crippen LogP contribution in [-0.4, -0.2) is 75.2 Å². The zero-order valence-corrected chi connectivity index (χ0v) is 18.5. The number of β-amino-alcohol motifs (C(OH)–C–C–N with tert-alkyl or cyclic N) is 1. The average Bonchev–Trinajstić information content (AvgIpc) is 3.55. The van der Waals surface area contributed by atoms with Crippen LogP contribution in [0, 0.1) is 5.92 Å². The van der Waals surface area contributed by atoms with Gasteiger partial charge in [-0.25, -0.2) is 4.52 Å². The molecule has 0 bridgehead atoms. The number of carbonyl (C=O) groups excluding carboxylic acids is 2. The second kappa shape index (κ2) is 9.23. The molecule has 0 unspecified atom stereocenters. The number of aliphatic hydroxyl groups excluding tert-OH is 1. The summed E-state index contributed by atoms with van der Waals surface area (Å²) in [5, 5.41) is 14.9. The Labute approximate surface area is 192 Å². The number of carbonyl (C=O) groups is 2. The zero-order valence-electron chi connectivity index (χ0n) is 18.5. The standard InChI is InChI=1S/C25H28N4O4/c30-23-17-28(16-20(23)15-19-3-1-12-29-22(19)9-10-26-29)25(32)18-5-7-21(8-6-18)33-14-13-27-11-2-4-24(27)31/h1,3,5-10,12,20,23,30H,2,4,11,13-17H2/t20-,23+/m0/s1. The van der Waals surface area contributed by atoms with Crippen molar-refractivity contribution in [2.75, 3.05) is 32.8 Å². The minimum Gasteiger partial charge on any atom is -0.492 e. The maximum atomic E-state index is 13.0. The van der Waals surface area contributed by atoms with Gasteiger partial charge < -0.3 is 19.6 Å². The molecule has 3 aromatic rings. The van der Waals surface area contributed by atoms with Crippen LogP contribution in [0.15, 0.2) is 54.9 Å². The molecule has 0 aliphatic carbocycles. The van der Waals surface area contributed by atoms with Crippen LogP contribution in [0.5, 0.6) is 5.75 Å². The number of nitrogens with zero attached hydrogens (tertiary/aromatic N) is 4. The predicted octanol–water partition coefficient (Wildman–Crippen LogP) is 2.01. The summed E-state index contributed by atoms with van der Waals surface area (Å²) in [5.74, 6) is 0.748. The third-order valence-corrected chi connectivity index (χ3v) is 6.60. The third kappa shape index (κ3) is 4.57. The monoisotopic (exact) mass is 448 g/mol. The highest BCUT2D eigenvalue weighted by Crippen LogP contribution is 2.25. The first kappa shape index (κ1) is 21.5. The molecular weight excluding hydrogens is 420 g/mol. The van der Waals surface area contributed by atoms with E-state index in [2.05, 4.69) is 5.10 Å². The first-order valence-corrected chi connectivity index (χ1v) is 11.5. The van der Waals surface area contributed by atoms with Crippen molar-refractivity contribution in [1.82, 2.24) is 19.4 Å². The van der Waals surface area contributed by atoms with Crippen molar-refractivity contribution >= 4 is 17.3 Å². The van der Waals surface area contributed by atoms with Crippen molar-refractivity contribution in [3.63, 3.8) is 0 Å².